The molecule has 0 unspecified atom stereocenters. The molecule has 1 aromatic carbocycles. The smallest absolute Gasteiger partial charge is 0.497 e. The van der Waals surface area contributed by atoms with Crippen LogP contribution in [0.1, 0.15) is 29.6 Å². The van der Waals surface area contributed by atoms with Crippen molar-refractivity contribution in [3.8, 4) is 5.75 Å². The standard InChI is InChI=1S/C26H30N2O4SSe/c1-31-19-6-7-23-21(16-19)20(9-11-27-23)24(29)8-5-18-10-12-28(17-22(18)26(30)32-2)13-14-33-25-4-3-15-34-25/h3-4,6-7,9,11,15-16,18,22H,5,8,10,12-14,17H2,1-2H3/t18-,22+/m1/s1. The van der Waals surface area contributed by atoms with Gasteiger partial charge in [-0.15, -0.1) is 0 Å². The Kier molecular flexibility index (Phi) is 8.84. The second kappa shape index (κ2) is 12.0. The molecule has 0 aliphatic carbocycles. The number of carbonyl (C=O) groups excluding carboxylic acids is 2. The first-order valence-corrected chi connectivity index (χ1v) is 14.3. The molecular formula is C26H30N2O4SSe. The molecule has 0 radical (unpaired) electrons. The Hall–Kier alpha value is -2.12. The number of carbonyl (C=O) groups is 2. The third-order valence-electron chi connectivity index (χ3n) is 6.48. The summed E-state index contributed by atoms with van der Waals surface area (Å²) in [6.07, 6.45) is 3.65. The van der Waals surface area contributed by atoms with E-state index in [-0.39, 0.29) is 23.6 Å². The number of piperidine rings is 1. The molecule has 34 heavy (non-hydrogen) atoms. The fourth-order valence-electron chi connectivity index (χ4n) is 4.60. The predicted octanol–water partition coefficient (Wildman–Crippen LogP) is 4.17. The van der Waals surface area contributed by atoms with Gasteiger partial charge >= 0.3 is 147 Å². The van der Waals surface area contributed by atoms with Gasteiger partial charge in [0.15, 0.2) is 0 Å². The first kappa shape index (κ1) is 25.0. The topological polar surface area (TPSA) is 68.7 Å². The summed E-state index contributed by atoms with van der Waals surface area (Å²) in [7, 11) is 3.07. The Morgan fingerprint density at radius 2 is 2.12 bits per heavy atom. The normalized spacial score (nSPS) is 18.6. The SMILES string of the molecule is COC(=O)[C@H]1CN(CCSc2ccc[se]2)CC[C@H]1CCC(=O)c1ccnc2ccc(OC)cc12. The minimum atomic E-state index is -0.192. The van der Waals surface area contributed by atoms with Crippen molar-refractivity contribution in [1.82, 2.24) is 9.88 Å². The monoisotopic (exact) mass is 546 g/mol. The molecule has 1 fully saturated rings. The number of rotatable bonds is 10. The van der Waals surface area contributed by atoms with Crippen molar-refractivity contribution in [3.05, 3.63) is 53.1 Å². The van der Waals surface area contributed by atoms with Crippen LogP contribution in [0.2, 0.25) is 0 Å². The van der Waals surface area contributed by atoms with E-state index in [4.69, 9.17) is 9.47 Å². The number of ketones is 1. The van der Waals surface area contributed by atoms with Crippen molar-refractivity contribution in [2.45, 2.75) is 23.0 Å². The number of Topliss-reactive ketones (excluding diaryl/α,β-unsaturated/α-hetero) is 1. The molecule has 0 spiro atoms. The van der Waals surface area contributed by atoms with E-state index in [2.05, 4.69) is 27.0 Å². The molecule has 8 heteroatoms. The summed E-state index contributed by atoms with van der Waals surface area (Å²) in [5, 5.41) is 0.803. The zero-order valence-corrected chi connectivity index (χ0v) is 22.1. The van der Waals surface area contributed by atoms with Gasteiger partial charge in [-0.05, 0) is 24.3 Å². The molecule has 0 amide bonds. The Morgan fingerprint density at radius 1 is 1.24 bits per heavy atom. The van der Waals surface area contributed by atoms with E-state index >= 15 is 0 Å². The van der Waals surface area contributed by atoms with Crippen LogP contribution in [0, 0.1) is 11.8 Å². The van der Waals surface area contributed by atoms with E-state index in [1.54, 1.807) is 19.4 Å². The fraction of sp³-hybridized carbons (Fsp3) is 0.423. The summed E-state index contributed by atoms with van der Waals surface area (Å²) in [4.78, 5) is 34.7. The third kappa shape index (κ3) is 6.11. The van der Waals surface area contributed by atoms with Gasteiger partial charge in [-0.3, -0.25) is 4.98 Å². The summed E-state index contributed by atoms with van der Waals surface area (Å²) in [6, 6.07) is 11.7. The molecule has 2 aromatic heterocycles. The Bertz CT molecular complexity index is 1120. The Balaban J connectivity index is 1.37. The summed E-state index contributed by atoms with van der Waals surface area (Å²) in [5.41, 5.74) is 1.43. The first-order chi connectivity index (χ1) is 16.6. The summed E-state index contributed by atoms with van der Waals surface area (Å²) < 4.78 is 11.9. The van der Waals surface area contributed by atoms with Gasteiger partial charge in [0, 0.05) is 11.6 Å². The Morgan fingerprint density at radius 3 is 2.88 bits per heavy atom. The average molecular weight is 546 g/mol. The molecule has 3 aromatic rings. The molecule has 4 rings (SSSR count). The maximum atomic E-state index is 13.2. The third-order valence-corrected chi connectivity index (χ3v) is 9.92. The van der Waals surface area contributed by atoms with Gasteiger partial charge in [0.05, 0.1) is 12.6 Å². The van der Waals surface area contributed by atoms with Crippen LogP contribution in [0.3, 0.4) is 0 Å². The molecule has 1 aliphatic heterocycles. The predicted molar refractivity (Wildman–Crippen MR) is 136 cm³/mol. The van der Waals surface area contributed by atoms with Crippen molar-refractivity contribution >= 4 is 48.9 Å². The zero-order valence-electron chi connectivity index (χ0n) is 19.6. The number of hydrogen-bond donors (Lipinski definition) is 0. The van der Waals surface area contributed by atoms with Crippen LogP contribution in [0.15, 0.2) is 51.3 Å². The number of fused-ring (bicyclic) bond motifs is 1. The number of esters is 1. The second-order valence-corrected chi connectivity index (χ2v) is 12.2. The minimum absolute atomic E-state index is 0.0726. The molecule has 1 aliphatic rings. The number of thioether (sulfide) groups is 1. The van der Waals surface area contributed by atoms with Crippen LogP contribution < -0.4 is 4.74 Å². The van der Waals surface area contributed by atoms with E-state index in [9.17, 15) is 9.59 Å². The van der Waals surface area contributed by atoms with Crippen molar-refractivity contribution in [1.29, 1.82) is 0 Å². The number of pyridine rings is 1. The van der Waals surface area contributed by atoms with Crippen molar-refractivity contribution < 1.29 is 19.1 Å². The van der Waals surface area contributed by atoms with Crippen LogP contribution >= 0.6 is 11.8 Å². The van der Waals surface area contributed by atoms with E-state index in [0.717, 1.165) is 36.2 Å². The van der Waals surface area contributed by atoms with Gasteiger partial charge in [-0.2, -0.15) is 0 Å². The van der Waals surface area contributed by atoms with Gasteiger partial charge < -0.3 is 4.74 Å². The maximum absolute atomic E-state index is 13.2. The summed E-state index contributed by atoms with van der Waals surface area (Å²) in [6.45, 7) is 2.61. The van der Waals surface area contributed by atoms with E-state index in [1.807, 2.05) is 30.0 Å². The summed E-state index contributed by atoms with van der Waals surface area (Å²) >= 11 is 2.41. The zero-order chi connectivity index (χ0) is 23.9. The minimum Gasteiger partial charge on any atom is -0.497 e. The van der Waals surface area contributed by atoms with Crippen molar-refractivity contribution in [2.75, 3.05) is 39.6 Å². The quantitative estimate of drug-likeness (QED) is 0.164. The van der Waals surface area contributed by atoms with E-state index < -0.39 is 0 Å². The van der Waals surface area contributed by atoms with Crippen LogP contribution in [-0.2, 0) is 9.53 Å². The number of hydrogen-bond acceptors (Lipinski definition) is 7. The van der Waals surface area contributed by atoms with Crippen molar-refractivity contribution in [3.63, 3.8) is 0 Å². The van der Waals surface area contributed by atoms with Gasteiger partial charge in [-0.1, -0.05) is 0 Å². The number of ether oxygens (including phenoxy) is 2. The molecule has 0 N–H and O–H groups in total. The van der Waals surface area contributed by atoms with Gasteiger partial charge in [0.2, 0.25) is 0 Å². The number of nitrogens with zero attached hydrogens (tertiary/aromatic N) is 2. The summed E-state index contributed by atoms with van der Waals surface area (Å²) in [5.74, 6) is 1.59. The van der Waals surface area contributed by atoms with Gasteiger partial charge in [-0.25, -0.2) is 0 Å². The van der Waals surface area contributed by atoms with Crippen LogP contribution in [0.5, 0.6) is 5.75 Å². The number of likely N-dealkylation sites (tertiary alicyclic amines) is 1. The average Bonchev–Trinajstić information content (AvgIpc) is 3.40. The Labute approximate surface area is 210 Å². The van der Waals surface area contributed by atoms with Crippen molar-refractivity contribution in [2.24, 2.45) is 11.8 Å². The number of methoxy groups -OCH3 is 2. The van der Waals surface area contributed by atoms with Crippen LogP contribution in [-0.4, -0.2) is 75.7 Å². The molecular weight excluding hydrogens is 515 g/mol. The molecule has 0 bridgehead atoms. The second-order valence-electron chi connectivity index (χ2n) is 8.46. The molecule has 0 saturated carbocycles. The molecule has 180 valence electrons. The number of benzene rings is 1. The van der Waals surface area contributed by atoms with E-state index in [1.165, 1.54) is 10.9 Å². The van der Waals surface area contributed by atoms with Gasteiger partial charge in [0.1, 0.15) is 5.75 Å². The molecule has 1 saturated heterocycles. The van der Waals surface area contributed by atoms with E-state index in [0.29, 0.717) is 45.2 Å². The molecule has 3 heterocycles. The van der Waals surface area contributed by atoms with Crippen LogP contribution in [0.4, 0.5) is 0 Å². The number of aromatic nitrogens is 1. The fourth-order valence-corrected chi connectivity index (χ4v) is 7.58. The van der Waals surface area contributed by atoms with Gasteiger partial charge in [0.25, 0.3) is 0 Å². The van der Waals surface area contributed by atoms with Crippen LogP contribution in [0.25, 0.3) is 10.9 Å². The molecule has 6 nitrogen and oxygen atoms in total. The first-order valence-electron chi connectivity index (χ1n) is 11.5. The molecule has 2 atom stereocenters.